The van der Waals surface area contributed by atoms with Crippen LogP contribution in [-0.2, 0) is 4.79 Å². The fourth-order valence-corrected chi connectivity index (χ4v) is 2.68. The molecule has 1 nitrogen and oxygen atoms in total. The maximum atomic E-state index is 12.0. The van der Waals surface area contributed by atoms with Gasteiger partial charge in [0, 0.05) is 22.9 Å². The molecular formula is C13H15Cl3O. The molecule has 0 saturated carbocycles. The monoisotopic (exact) mass is 292 g/mol. The Morgan fingerprint density at radius 1 is 1.18 bits per heavy atom. The summed E-state index contributed by atoms with van der Waals surface area (Å²) in [6.45, 7) is 5.79. The predicted octanol–water partition coefficient (Wildman–Crippen LogP) is 5.37. The largest absolute Gasteiger partial charge is 0.299 e. The number of halogens is 3. The Labute approximate surface area is 117 Å². The number of carbonyl (C=O) groups is 1. The molecule has 1 unspecified atom stereocenters. The normalized spacial score (nSPS) is 12.9. The zero-order valence-corrected chi connectivity index (χ0v) is 12.3. The van der Waals surface area contributed by atoms with E-state index in [0.29, 0.717) is 27.1 Å². The highest BCUT2D eigenvalue weighted by atomic mass is 35.5. The van der Waals surface area contributed by atoms with Crippen molar-refractivity contribution in [3.05, 3.63) is 32.8 Å². The summed E-state index contributed by atoms with van der Waals surface area (Å²) in [5.41, 5.74) is 0.655. The van der Waals surface area contributed by atoms with Crippen LogP contribution in [0.3, 0.4) is 0 Å². The van der Waals surface area contributed by atoms with Crippen molar-refractivity contribution in [2.45, 2.75) is 33.1 Å². The summed E-state index contributed by atoms with van der Waals surface area (Å²) < 4.78 is 0. The fraction of sp³-hybridized carbons (Fsp3) is 0.462. The second-order valence-corrected chi connectivity index (χ2v) is 5.49. The average molecular weight is 294 g/mol. The van der Waals surface area contributed by atoms with Crippen molar-refractivity contribution in [2.24, 2.45) is 5.92 Å². The van der Waals surface area contributed by atoms with Crippen LogP contribution in [0.2, 0.25) is 15.1 Å². The van der Waals surface area contributed by atoms with Gasteiger partial charge in [-0.2, -0.15) is 0 Å². The molecule has 0 heterocycles. The van der Waals surface area contributed by atoms with Crippen molar-refractivity contribution >= 4 is 40.6 Å². The Balaban J connectivity index is 3.37. The third kappa shape index (κ3) is 3.15. The minimum absolute atomic E-state index is 0.131. The van der Waals surface area contributed by atoms with E-state index >= 15 is 0 Å². The lowest BCUT2D eigenvalue weighted by Gasteiger charge is -2.22. The van der Waals surface area contributed by atoms with Crippen LogP contribution < -0.4 is 0 Å². The number of hydrogen-bond donors (Lipinski definition) is 0. The Bertz CT molecular complexity index is 427. The highest BCUT2D eigenvalue weighted by Gasteiger charge is 2.27. The zero-order valence-electron chi connectivity index (χ0n) is 10.1. The summed E-state index contributed by atoms with van der Waals surface area (Å²) in [5.74, 6) is -0.0271. The second kappa shape index (κ2) is 6.08. The highest BCUT2D eigenvalue weighted by Crippen LogP contribution is 2.40. The SMILES string of the molecule is CCC(=O)C(c1c(Cl)ccc(Cl)c1Cl)C(C)C. The predicted molar refractivity (Wildman–Crippen MR) is 74.3 cm³/mol. The molecule has 0 aliphatic rings. The van der Waals surface area contributed by atoms with Crippen molar-refractivity contribution in [1.29, 1.82) is 0 Å². The molecule has 0 aliphatic carbocycles. The molecule has 0 N–H and O–H groups in total. The van der Waals surface area contributed by atoms with Crippen LogP contribution >= 0.6 is 34.8 Å². The van der Waals surface area contributed by atoms with E-state index in [9.17, 15) is 4.79 Å². The number of Topliss-reactive ketones (excluding diaryl/α,β-unsaturated/α-hetero) is 1. The summed E-state index contributed by atoms with van der Waals surface area (Å²) in [6.07, 6.45) is 0.460. The Morgan fingerprint density at radius 2 is 1.71 bits per heavy atom. The molecule has 1 aromatic carbocycles. The molecule has 0 amide bonds. The van der Waals surface area contributed by atoms with Gasteiger partial charge in [-0.1, -0.05) is 55.6 Å². The first-order valence-electron chi connectivity index (χ1n) is 5.56. The number of ketones is 1. The van der Waals surface area contributed by atoms with Gasteiger partial charge in [-0.05, 0) is 18.1 Å². The van der Waals surface area contributed by atoms with Gasteiger partial charge in [-0.3, -0.25) is 4.79 Å². The molecule has 4 heteroatoms. The van der Waals surface area contributed by atoms with Gasteiger partial charge in [-0.15, -0.1) is 0 Å². The smallest absolute Gasteiger partial charge is 0.140 e. The minimum atomic E-state index is -0.293. The quantitative estimate of drug-likeness (QED) is 0.682. The standard InChI is InChI=1S/C13H15Cl3O/c1-4-10(17)11(7(2)3)12-8(14)5-6-9(15)13(12)16/h5-7,11H,4H2,1-3H3. The van der Waals surface area contributed by atoms with Crippen LogP contribution in [0.4, 0.5) is 0 Å². The maximum absolute atomic E-state index is 12.0. The lowest BCUT2D eigenvalue weighted by atomic mass is 9.84. The summed E-state index contributed by atoms with van der Waals surface area (Å²) >= 11 is 18.3. The van der Waals surface area contributed by atoms with E-state index in [1.165, 1.54) is 0 Å². The van der Waals surface area contributed by atoms with Crippen molar-refractivity contribution in [2.75, 3.05) is 0 Å². The van der Waals surface area contributed by atoms with E-state index in [-0.39, 0.29) is 17.6 Å². The van der Waals surface area contributed by atoms with Gasteiger partial charge in [0.2, 0.25) is 0 Å². The summed E-state index contributed by atoms with van der Waals surface area (Å²) in [6, 6.07) is 3.33. The van der Waals surface area contributed by atoms with E-state index in [0.717, 1.165) is 0 Å². The van der Waals surface area contributed by atoms with Crippen molar-refractivity contribution < 1.29 is 4.79 Å². The van der Waals surface area contributed by atoms with Crippen LogP contribution in [0.5, 0.6) is 0 Å². The first kappa shape index (κ1) is 14.8. The Hall–Kier alpha value is -0.240. The molecule has 0 aliphatic heterocycles. The third-order valence-corrected chi connectivity index (χ3v) is 3.90. The molecular weight excluding hydrogens is 279 g/mol. The third-order valence-electron chi connectivity index (χ3n) is 2.75. The summed E-state index contributed by atoms with van der Waals surface area (Å²) in [4.78, 5) is 12.0. The lowest BCUT2D eigenvalue weighted by Crippen LogP contribution is -2.18. The average Bonchev–Trinajstić information content (AvgIpc) is 2.28. The van der Waals surface area contributed by atoms with E-state index < -0.39 is 0 Å². The van der Waals surface area contributed by atoms with Crippen molar-refractivity contribution in [1.82, 2.24) is 0 Å². The summed E-state index contributed by atoms with van der Waals surface area (Å²) in [7, 11) is 0. The van der Waals surface area contributed by atoms with E-state index in [1.807, 2.05) is 20.8 Å². The molecule has 17 heavy (non-hydrogen) atoms. The number of benzene rings is 1. The van der Waals surface area contributed by atoms with Gasteiger partial charge >= 0.3 is 0 Å². The van der Waals surface area contributed by atoms with Crippen molar-refractivity contribution in [3.63, 3.8) is 0 Å². The van der Waals surface area contributed by atoms with Gasteiger partial charge in [0.1, 0.15) is 5.78 Å². The minimum Gasteiger partial charge on any atom is -0.299 e. The fourth-order valence-electron chi connectivity index (χ4n) is 1.91. The van der Waals surface area contributed by atoms with Crippen molar-refractivity contribution in [3.8, 4) is 0 Å². The van der Waals surface area contributed by atoms with Crippen LogP contribution in [0.15, 0.2) is 12.1 Å². The summed E-state index contributed by atoms with van der Waals surface area (Å²) in [5, 5.41) is 1.32. The zero-order chi connectivity index (χ0) is 13.2. The molecule has 1 atom stereocenters. The van der Waals surface area contributed by atoms with Crippen LogP contribution in [0.1, 0.15) is 38.7 Å². The van der Waals surface area contributed by atoms with Gasteiger partial charge in [-0.25, -0.2) is 0 Å². The number of carbonyl (C=O) groups excluding carboxylic acids is 1. The Kier molecular flexibility index (Phi) is 5.30. The van der Waals surface area contributed by atoms with Gasteiger partial charge in [0.15, 0.2) is 0 Å². The Morgan fingerprint density at radius 3 is 2.18 bits per heavy atom. The van der Waals surface area contributed by atoms with Crippen LogP contribution in [0, 0.1) is 5.92 Å². The van der Waals surface area contributed by atoms with Crippen LogP contribution in [-0.4, -0.2) is 5.78 Å². The van der Waals surface area contributed by atoms with Gasteiger partial charge in [0.05, 0.1) is 10.0 Å². The second-order valence-electron chi connectivity index (χ2n) is 4.30. The molecule has 0 fully saturated rings. The van der Waals surface area contributed by atoms with Gasteiger partial charge in [0.25, 0.3) is 0 Å². The van der Waals surface area contributed by atoms with Crippen LogP contribution in [0.25, 0.3) is 0 Å². The maximum Gasteiger partial charge on any atom is 0.140 e. The lowest BCUT2D eigenvalue weighted by molar-refractivity contribution is -0.121. The van der Waals surface area contributed by atoms with E-state index in [1.54, 1.807) is 12.1 Å². The molecule has 0 saturated heterocycles. The highest BCUT2D eigenvalue weighted by molar-refractivity contribution is 6.44. The molecule has 0 radical (unpaired) electrons. The van der Waals surface area contributed by atoms with E-state index in [2.05, 4.69) is 0 Å². The molecule has 0 spiro atoms. The molecule has 1 rings (SSSR count). The molecule has 1 aromatic rings. The first-order chi connectivity index (χ1) is 7.90. The number of hydrogen-bond acceptors (Lipinski definition) is 1. The molecule has 0 bridgehead atoms. The topological polar surface area (TPSA) is 17.1 Å². The number of rotatable bonds is 4. The molecule has 94 valence electrons. The molecule has 0 aromatic heterocycles. The van der Waals surface area contributed by atoms with E-state index in [4.69, 9.17) is 34.8 Å². The van der Waals surface area contributed by atoms with Gasteiger partial charge < -0.3 is 0 Å². The first-order valence-corrected chi connectivity index (χ1v) is 6.69.